The van der Waals surface area contributed by atoms with E-state index in [0.29, 0.717) is 22.8 Å². The second-order valence-corrected chi connectivity index (χ2v) is 7.69. The molecule has 152 valence electrons. The van der Waals surface area contributed by atoms with Gasteiger partial charge in [-0.15, -0.1) is 0 Å². The molecule has 1 aromatic heterocycles. The Morgan fingerprint density at radius 3 is 2.87 bits per heavy atom. The Balaban J connectivity index is 1.41. The number of rotatable bonds is 5. The number of hydrogen-bond acceptors (Lipinski definition) is 4. The van der Waals surface area contributed by atoms with Gasteiger partial charge in [-0.05, 0) is 54.8 Å². The van der Waals surface area contributed by atoms with Crippen LogP contribution in [0, 0.1) is 11.7 Å². The summed E-state index contributed by atoms with van der Waals surface area (Å²) in [5.74, 6) is 1.16. The highest BCUT2D eigenvalue weighted by molar-refractivity contribution is 5.95. The molecule has 1 unspecified atom stereocenters. The summed E-state index contributed by atoms with van der Waals surface area (Å²) in [6.45, 7) is 0.0794. The highest BCUT2D eigenvalue weighted by Gasteiger charge is 2.38. The van der Waals surface area contributed by atoms with E-state index in [9.17, 15) is 9.18 Å². The monoisotopic (exact) mass is 404 g/mol. The number of carbonyl (C=O) groups excluding carboxylic acids is 1. The second kappa shape index (κ2) is 7.44. The van der Waals surface area contributed by atoms with E-state index in [4.69, 9.17) is 9.47 Å². The van der Waals surface area contributed by atoms with Crippen LogP contribution < -0.4 is 14.8 Å². The minimum Gasteiger partial charge on any atom is -0.497 e. The SMILES string of the molecule is COc1ccc(F)c(CNC(=O)c2ccc3c(c2)C(C2CC2)Oc2cnccc2-3)c1. The number of carbonyl (C=O) groups is 1. The van der Waals surface area contributed by atoms with E-state index in [1.807, 2.05) is 18.2 Å². The van der Waals surface area contributed by atoms with Crippen molar-refractivity contribution in [3.05, 3.63) is 77.4 Å². The number of nitrogens with one attached hydrogen (secondary N) is 1. The Morgan fingerprint density at radius 1 is 1.20 bits per heavy atom. The van der Waals surface area contributed by atoms with Crippen LogP contribution in [0.4, 0.5) is 4.39 Å². The lowest BCUT2D eigenvalue weighted by atomic mass is 9.90. The molecule has 30 heavy (non-hydrogen) atoms. The van der Waals surface area contributed by atoms with Crippen molar-refractivity contribution in [3.8, 4) is 22.6 Å². The lowest BCUT2D eigenvalue weighted by Gasteiger charge is -2.29. The predicted molar refractivity (Wildman–Crippen MR) is 110 cm³/mol. The van der Waals surface area contributed by atoms with Gasteiger partial charge in [0.05, 0.1) is 13.3 Å². The Hall–Kier alpha value is -3.41. The standard InChI is InChI=1S/C24H21FN2O3/c1-29-17-5-7-21(25)16(10-17)12-27-24(28)15-4-6-18-19-8-9-26-13-22(19)30-23(14-2-3-14)20(18)11-15/h4-11,13-14,23H,2-3,12H2,1H3,(H,27,28). The molecule has 5 nitrogen and oxygen atoms in total. The predicted octanol–water partition coefficient (Wildman–Crippen LogP) is 4.67. The Bertz CT molecular complexity index is 1130. The first-order valence-corrected chi connectivity index (χ1v) is 9.99. The summed E-state index contributed by atoms with van der Waals surface area (Å²) in [6.07, 6.45) is 5.65. The molecule has 5 rings (SSSR count). The zero-order valence-corrected chi connectivity index (χ0v) is 16.5. The number of hydrogen-bond donors (Lipinski definition) is 1. The number of methoxy groups -OCH3 is 1. The number of benzene rings is 2. The number of nitrogens with zero attached hydrogens (tertiary/aromatic N) is 1. The summed E-state index contributed by atoms with van der Waals surface area (Å²) in [5, 5.41) is 2.81. The van der Waals surface area contributed by atoms with Gasteiger partial charge in [0.2, 0.25) is 0 Å². The zero-order valence-electron chi connectivity index (χ0n) is 16.5. The molecule has 1 N–H and O–H groups in total. The van der Waals surface area contributed by atoms with Crippen molar-refractivity contribution < 1.29 is 18.7 Å². The van der Waals surface area contributed by atoms with Crippen molar-refractivity contribution >= 4 is 5.91 Å². The number of pyridine rings is 1. The molecule has 2 aromatic carbocycles. The summed E-state index contributed by atoms with van der Waals surface area (Å²) < 4.78 is 25.4. The molecular formula is C24H21FN2O3. The largest absolute Gasteiger partial charge is 0.497 e. The molecular weight excluding hydrogens is 383 g/mol. The third-order valence-corrected chi connectivity index (χ3v) is 5.69. The van der Waals surface area contributed by atoms with E-state index in [1.165, 1.54) is 13.2 Å². The highest BCUT2D eigenvalue weighted by Crippen LogP contribution is 2.51. The van der Waals surface area contributed by atoms with Gasteiger partial charge >= 0.3 is 0 Å². The molecule has 0 saturated heterocycles. The van der Waals surface area contributed by atoms with E-state index in [2.05, 4.69) is 10.3 Å². The molecule has 1 aliphatic heterocycles. The van der Waals surface area contributed by atoms with Crippen LogP contribution in [0.5, 0.6) is 11.5 Å². The molecule has 1 saturated carbocycles. The van der Waals surface area contributed by atoms with Crippen LogP contribution in [0.2, 0.25) is 0 Å². The molecule has 1 aliphatic carbocycles. The van der Waals surface area contributed by atoms with Crippen LogP contribution in [0.15, 0.2) is 54.9 Å². The number of halogens is 1. The van der Waals surface area contributed by atoms with Crippen LogP contribution in [0.1, 0.15) is 40.4 Å². The highest BCUT2D eigenvalue weighted by atomic mass is 19.1. The number of aromatic nitrogens is 1. The van der Waals surface area contributed by atoms with Gasteiger partial charge in [-0.1, -0.05) is 6.07 Å². The lowest BCUT2D eigenvalue weighted by Crippen LogP contribution is -2.24. The zero-order chi connectivity index (χ0) is 20.7. The van der Waals surface area contributed by atoms with E-state index in [0.717, 1.165) is 35.3 Å². The number of fused-ring (bicyclic) bond motifs is 3. The molecule has 6 heteroatoms. The van der Waals surface area contributed by atoms with Gasteiger partial charge in [-0.25, -0.2) is 4.39 Å². The summed E-state index contributed by atoms with van der Waals surface area (Å²) in [5.41, 5.74) is 4.00. The van der Waals surface area contributed by atoms with Crippen molar-refractivity contribution in [1.82, 2.24) is 10.3 Å². The quantitative estimate of drug-likeness (QED) is 0.671. The van der Waals surface area contributed by atoms with Gasteiger partial charge < -0.3 is 14.8 Å². The number of amides is 1. The lowest BCUT2D eigenvalue weighted by molar-refractivity contribution is 0.0950. The van der Waals surface area contributed by atoms with Crippen molar-refractivity contribution in [3.63, 3.8) is 0 Å². The maximum absolute atomic E-state index is 14.0. The van der Waals surface area contributed by atoms with Crippen LogP contribution in [0.3, 0.4) is 0 Å². The Labute approximate surface area is 173 Å². The van der Waals surface area contributed by atoms with Crippen LogP contribution in [0.25, 0.3) is 11.1 Å². The van der Waals surface area contributed by atoms with Crippen molar-refractivity contribution in [2.75, 3.05) is 7.11 Å². The minimum absolute atomic E-state index is 0.0692. The van der Waals surface area contributed by atoms with Crippen LogP contribution in [-0.4, -0.2) is 18.0 Å². The first-order valence-electron chi connectivity index (χ1n) is 9.99. The molecule has 1 atom stereocenters. The molecule has 0 bridgehead atoms. The fourth-order valence-corrected chi connectivity index (χ4v) is 3.92. The summed E-state index contributed by atoms with van der Waals surface area (Å²) >= 11 is 0. The molecule has 0 spiro atoms. The van der Waals surface area contributed by atoms with E-state index < -0.39 is 0 Å². The van der Waals surface area contributed by atoms with Gasteiger partial charge in [-0.2, -0.15) is 0 Å². The van der Waals surface area contributed by atoms with Crippen LogP contribution >= 0.6 is 0 Å². The van der Waals surface area contributed by atoms with Gasteiger partial charge in [0.25, 0.3) is 5.91 Å². The molecule has 2 heterocycles. The maximum Gasteiger partial charge on any atom is 0.251 e. The fourth-order valence-electron chi connectivity index (χ4n) is 3.92. The average Bonchev–Trinajstić information content (AvgIpc) is 3.62. The van der Waals surface area contributed by atoms with E-state index >= 15 is 0 Å². The normalized spacial score (nSPS) is 16.8. The molecule has 2 aliphatic rings. The Kier molecular flexibility index (Phi) is 4.62. The third-order valence-electron chi connectivity index (χ3n) is 5.69. The van der Waals surface area contributed by atoms with Crippen molar-refractivity contribution in [1.29, 1.82) is 0 Å². The average molecular weight is 404 g/mol. The first kappa shape index (κ1) is 18.6. The van der Waals surface area contributed by atoms with E-state index in [1.54, 1.807) is 30.6 Å². The Morgan fingerprint density at radius 2 is 2.07 bits per heavy atom. The van der Waals surface area contributed by atoms with Gasteiger partial charge in [0, 0.05) is 40.9 Å². The van der Waals surface area contributed by atoms with Gasteiger partial charge in [0.15, 0.2) is 0 Å². The molecule has 1 amide bonds. The topological polar surface area (TPSA) is 60.5 Å². The van der Waals surface area contributed by atoms with Gasteiger partial charge in [0.1, 0.15) is 23.4 Å². The van der Waals surface area contributed by atoms with Crippen molar-refractivity contribution in [2.45, 2.75) is 25.5 Å². The summed E-state index contributed by atoms with van der Waals surface area (Å²) in [6, 6.07) is 12.1. The molecule has 3 aromatic rings. The molecule has 0 radical (unpaired) electrons. The fraction of sp³-hybridized carbons (Fsp3) is 0.250. The third kappa shape index (κ3) is 3.38. The van der Waals surface area contributed by atoms with E-state index in [-0.39, 0.29) is 24.4 Å². The maximum atomic E-state index is 14.0. The number of ether oxygens (including phenoxy) is 2. The smallest absolute Gasteiger partial charge is 0.251 e. The van der Waals surface area contributed by atoms with Crippen molar-refractivity contribution in [2.24, 2.45) is 5.92 Å². The van der Waals surface area contributed by atoms with Gasteiger partial charge in [-0.3, -0.25) is 9.78 Å². The van der Waals surface area contributed by atoms with Crippen LogP contribution in [-0.2, 0) is 6.54 Å². The summed E-state index contributed by atoms with van der Waals surface area (Å²) in [7, 11) is 1.52. The minimum atomic E-state index is -0.381. The molecule has 1 fully saturated rings. The first-order chi connectivity index (χ1) is 14.6. The second-order valence-electron chi connectivity index (χ2n) is 7.69. The summed E-state index contributed by atoms with van der Waals surface area (Å²) in [4.78, 5) is 17.0.